The molecule has 0 saturated carbocycles. The first-order valence-corrected chi connectivity index (χ1v) is 17.2. The van der Waals surface area contributed by atoms with Crippen LogP contribution < -0.4 is 15.4 Å². The van der Waals surface area contributed by atoms with Gasteiger partial charge in [-0.2, -0.15) is 0 Å². The van der Waals surface area contributed by atoms with Crippen LogP contribution in [0.2, 0.25) is 0 Å². The fourth-order valence-electron chi connectivity index (χ4n) is 4.34. The first-order chi connectivity index (χ1) is 26.7. The zero-order valence-electron chi connectivity index (χ0n) is 30.1. The number of aromatic nitrogens is 1. The van der Waals surface area contributed by atoms with Crippen molar-refractivity contribution in [3.05, 3.63) is 92.1 Å². The minimum absolute atomic E-state index is 0.0406. The Bertz CT molecular complexity index is 1610. The summed E-state index contributed by atoms with van der Waals surface area (Å²) in [7, 11) is 0. The molecule has 300 valence electrons. The molecule has 0 saturated heterocycles. The first-order valence-electron chi connectivity index (χ1n) is 17.2. The van der Waals surface area contributed by atoms with Gasteiger partial charge in [0.05, 0.1) is 114 Å². The zero-order valence-corrected chi connectivity index (χ0v) is 30.1. The van der Waals surface area contributed by atoms with Crippen molar-refractivity contribution in [1.29, 1.82) is 0 Å². The third kappa shape index (κ3) is 18.5. The Morgan fingerprint density at radius 2 is 1.18 bits per heavy atom. The lowest BCUT2D eigenvalue weighted by atomic mass is 10.2. The molecule has 55 heavy (non-hydrogen) atoms. The minimum atomic E-state index is -1.09. The molecule has 0 unspecified atom stereocenters. The van der Waals surface area contributed by atoms with Crippen molar-refractivity contribution in [2.75, 3.05) is 111 Å². The number of pyridine rings is 1. The number of hydrogen-bond donors (Lipinski definition) is 3. The molecule has 20 nitrogen and oxygen atoms in total. The van der Waals surface area contributed by atoms with Gasteiger partial charge in [0, 0.05) is 37.0 Å². The van der Waals surface area contributed by atoms with Crippen LogP contribution in [0.5, 0.6) is 11.6 Å². The van der Waals surface area contributed by atoms with E-state index < -0.39 is 15.8 Å². The molecule has 0 aliphatic rings. The van der Waals surface area contributed by atoms with E-state index in [2.05, 4.69) is 15.6 Å². The summed E-state index contributed by atoms with van der Waals surface area (Å²) in [4.78, 5) is 48.0. The maximum absolute atomic E-state index is 12.5. The van der Waals surface area contributed by atoms with E-state index in [0.29, 0.717) is 104 Å². The normalized spacial score (nSPS) is 10.9. The summed E-state index contributed by atoms with van der Waals surface area (Å²) < 4.78 is 43.8. The predicted octanol–water partition coefficient (Wildman–Crippen LogP) is 3.35. The highest BCUT2D eigenvalue weighted by Crippen LogP contribution is 2.28. The van der Waals surface area contributed by atoms with Gasteiger partial charge >= 0.3 is 5.97 Å². The number of carbonyl (C=O) groups excluding carboxylic acids is 1. The fourth-order valence-corrected chi connectivity index (χ4v) is 4.34. The van der Waals surface area contributed by atoms with Crippen LogP contribution >= 0.6 is 0 Å². The second kappa shape index (κ2) is 26.4. The van der Waals surface area contributed by atoms with Gasteiger partial charge in [-0.05, 0) is 30.3 Å². The Hall–Kier alpha value is -5.35. The molecule has 0 spiro atoms. The summed E-state index contributed by atoms with van der Waals surface area (Å²) >= 11 is 0. The number of nitrogens with one attached hydrogen (secondary N) is 2. The summed E-state index contributed by atoms with van der Waals surface area (Å²) in [6.07, 6.45) is 1.19. The Morgan fingerprint density at radius 1 is 0.636 bits per heavy atom. The third-order valence-corrected chi connectivity index (χ3v) is 7.02. The molecule has 1 aromatic heterocycles. The van der Waals surface area contributed by atoms with Gasteiger partial charge < -0.3 is 53.6 Å². The van der Waals surface area contributed by atoms with Crippen LogP contribution in [-0.2, 0) is 33.2 Å². The SMILES string of the molecule is O=C(O)c1ccc(Oc2cccc(C(=O)NCCOCCOCCOCCOCCOCCOCCOCCNc3ccc([N+](=O)[O-])cc3[N+](=O)[O-])c2)nc1. The van der Waals surface area contributed by atoms with E-state index >= 15 is 0 Å². The standard InChI is InChI=1S/C35H45N5O15/c41-34(27-2-1-3-30(24-27)55-33-7-4-28(26-38-33)35(42)43)37-9-11-49-13-15-51-17-19-53-21-23-54-22-20-52-18-16-50-14-12-48-10-8-36-31-6-5-29(39(44)45)25-32(31)40(46)47/h1-7,24-26,36H,8-23H2,(H,37,41)(H,42,43). The zero-order chi connectivity index (χ0) is 39.5. The Morgan fingerprint density at radius 3 is 1.67 bits per heavy atom. The lowest BCUT2D eigenvalue weighted by molar-refractivity contribution is -0.393. The summed E-state index contributed by atoms with van der Waals surface area (Å²) in [5.74, 6) is -0.804. The molecule has 1 amide bonds. The van der Waals surface area contributed by atoms with Crippen molar-refractivity contribution in [2.24, 2.45) is 0 Å². The molecule has 1 heterocycles. The number of ether oxygens (including phenoxy) is 8. The molecule has 0 radical (unpaired) electrons. The van der Waals surface area contributed by atoms with E-state index in [1.165, 1.54) is 30.5 Å². The number of hydrogen-bond acceptors (Lipinski definition) is 16. The van der Waals surface area contributed by atoms with Gasteiger partial charge in [0.1, 0.15) is 11.4 Å². The van der Waals surface area contributed by atoms with Gasteiger partial charge in [-0.15, -0.1) is 0 Å². The first kappa shape index (κ1) is 44.0. The largest absolute Gasteiger partial charge is 0.478 e. The number of carboxylic acids is 1. The van der Waals surface area contributed by atoms with Crippen molar-refractivity contribution < 1.29 is 62.4 Å². The van der Waals surface area contributed by atoms with E-state index in [9.17, 15) is 29.8 Å². The van der Waals surface area contributed by atoms with Gasteiger partial charge in [0.15, 0.2) is 0 Å². The maximum Gasteiger partial charge on any atom is 0.337 e. The lowest BCUT2D eigenvalue weighted by Gasteiger charge is -2.09. The van der Waals surface area contributed by atoms with Gasteiger partial charge in [-0.25, -0.2) is 9.78 Å². The van der Waals surface area contributed by atoms with Crippen LogP contribution in [0.15, 0.2) is 60.8 Å². The number of nitro groups is 2. The monoisotopic (exact) mass is 775 g/mol. The topological polar surface area (TPSA) is 251 Å². The Balaban J connectivity index is 1.03. The molecule has 20 heteroatoms. The highest BCUT2D eigenvalue weighted by atomic mass is 16.6. The van der Waals surface area contributed by atoms with Crippen LogP contribution in [0, 0.1) is 20.2 Å². The number of rotatable bonds is 31. The van der Waals surface area contributed by atoms with Crippen molar-refractivity contribution in [3.8, 4) is 11.6 Å². The van der Waals surface area contributed by atoms with E-state index in [1.54, 1.807) is 24.3 Å². The Labute approximate surface area is 316 Å². The molecule has 0 atom stereocenters. The molecule has 0 aliphatic heterocycles. The molecule has 3 N–H and O–H groups in total. The number of carboxylic acid groups (broad SMARTS) is 1. The predicted molar refractivity (Wildman–Crippen MR) is 194 cm³/mol. The number of nitrogens with zero attached hydrogens (tertiary/aromatic N) is 3. The van der Waals surface area contributed by atoms with Crippen LogP contribution in [0.25, 0.3) is 0 Å². The summed E-state index contributed by atoms with van der Waals surface area (Å²) in [5, 5.41) is 36.5. The second-order valence-electron chi connectivity index (χ2n) is 11.0. The third-order valence-electron chi connectivity index (χ3n) is 7.02. The highest BCUT2D eigenvalue weighted by molar-refractivity contribution is 5.94. The van der Waals surface area contributed by atoms with E-state index in [1.807, 2.05) is 0 Å². The van der Waals surface area contributed by atoms with Crippen LogP contribution in [-0.4, -0.2) is 137 Å². The van der Waals surface area contributed by atoms with Gasteiger partial charge in [0.2, 0.25) is 5.88 Å². The lowest BCUT2D eigenvalue weighted by Crippen LogP contribution is -2.27. The summed E-state index contributed by atoms with van der Waals surface area (Å²) in [6, 6.07) is 12.7. The van der Waals surface area contributed by atoms with E-state index in [0.717, 1.165) is 6.07 Å². The number of amides is 1. The van der Waals surface area contributed by atoms with Gasteiger partial charge in [0.25, 0.3) is 17.3 Å². The molecule has 3 aromatic rings. The van der Waals surface area contributed by atoms with E-state index in [4.69, 9.17) is 43.0 Å². The van der Waals surface area contributed by atoms with Crippen LogP contribution in [0.3, 0.4) is 0 Å². The fraction of sp³-hybridized carbons (Fsp3) is 0.457. The summed E-state index contributed by atoms with van der Waals surface area (Å²) in [5.41, 5.74) is -0.136. The van der Waals surface area contributed by atoms with Crippen LogP contribution in [0.1, 0.15) is 20.7 Å². The maximum atomic E-state index is 12.5. The molecule has 2 aromatic carbocycles. The number of anilines is 1. The van der Waals surface area contributed by atoms with Crippen molar-refractivity contribution in [1.82, 2.24) is 10.3 Å². The molecule has 0 bridgehead atoms. The Kier molecular flexibility index (Phi) is 21.2. The van der Waals surface area contributed by atoms with Crippen molar-refractivity contribution in [3.63, 3.8) is 0 Å². The number of benzene rings is 2. The number of aromatic carboxylic acids is 1. The molecule has 0 fully saturated rings. The van der Waals surface area contributed by atoms with Gasteiger partial charge in [-0.3, -0.25) is 25.0 Å². The number of carbonyl (C=O) groups is 2. The van der Waals surface area contributed by atoms with Crippen molar-refractivity contribution >= 4 is 28.9 Å². The van der Waals surface area contributed by atoms with Gasteiger partial charge in [-0.1, -0.05) is 6.07 Å². The molecule has 0 aliphatic carbocycles. The molecular weight excluding hydrogens is 730 g/mol. The molecule has 3 rings (SSSR count). The quantitative estimate of drug-likeness (QED) is 0.0481. The average molecular weight is 776 g/mol. The summed E-state index contributed by atoms with van der Waals surface area (Å²) in [6.45, 7) is 5.74. The van der Waals surface area contributed by atoms with Crippen LogP contribution in [0.4, 0.5) is 17.1 Å². The van der Waals surface area contributed by atoms with Crippen molar-refractivity contribution in [2.45, 2.75) is 0 Å². The molecular formula is C35H45N5O15. The average Bonchev–Trinajstić information content (AvgIpc) is 3.18. The smallest absolute Gasteiger partial charge is 0.337 e. The highest BCUT2D eigenvalue weighted by Gasteiger charge is 2.19. The second-order valence-corrected chi connectivity index (χ2v) is 11.0. The minimum Gasteiger partial charge on any atom is -0.478 e. The van der Waals surface area contributed by atoms with E-state index in [-0.39, 0.29) is 47.6 Å². The number of nitro benzene ring substituents is 2. The number of non-ortho nitro benzene ring substituents is 1.